The molecular weight excluding hydrogens is 382 g/mol. The van der Waals surface area contributed by atoms with E-state index >= 15 is 0 Å². The lowest BCUT2D eigenvalue weighted by Crippen LogP contribution is -2.39. The molecule has 0 aromatic heterocycles. The van der Waals surface area contributed by atoms with E-state index in [2.05, 4.69) is 4.90 Å². The number of methoxy groups -OCH3 is 2. The fourth-order valence-corrected chi connectivity index (χ4v) is 4.54. The van der Waals surface area contributed by atoms with Gasteiger partial charge in [-0.3, -0.25) is 9.69 Å². The quantitative estimate of drug-likeness (QED) is 0.623. The van der Waals surface area contributed by atoms with Crippen LogP contribution in [0.25, 0.3) is 0 Å². The van der Waals surface area contributed by atoms with E-state index in [0.29, 0.717) is 35.2 Å². The molecule has 1 unspecified atom stereocenters. The number of rotatable bonds is 3. The van der Waals surface area contributed by atoms with Gasteiger partial charge in [0.1, 0.15) is 0 Å². The van der Waals surface area contributed by atoms with Crippen molar-refractivity contribution in [2.75, 3.05) is 20.8 Å². The van der Waals surface area contributed by atoms with E-state index in [0.717, 1.165) is 29.7 Å². The summed E-state index contributed by atoms with van der Waals surface area (Å²) in [4.78, 5) is 14.0. The lowest BCUT2D eigenvalue weighted by Gasteiger charge is -2.42. The minimum Gasteiger partial charge on any atom is -0.504 e. The third-order valence-corrected chi connectivity index (χ3v) is 5.88. The minimum atomic E-state index is -0.397. The summed E-state index contributed by atoms with van der Waals surface area (Å²) in [5.74, 6) is 1.12. The zero-order valence-corrected chi connectivity index (χ0v) is 16.8. The molecular formula is C21H22ClNO5. The summed E-state index contributed by atoms with van der Waals surface area (Å²) in [7, 11) is 3.08. The van der Waals surface area contributed by atoms with Crippen LogP contribution in [0.15, 0.2) is 18.2 Å². The predicted molar refractivity (Wildman–Crippen MR) is 105 cm³/mol. The van der Waals surface area contributed by atoms with Crippen LogP contribution < -0.4 is 14.2 Å². The summed E-state index contributed by atoms with van der Waals surface area (Å²) in [5, 5.41) is 10.9. The maximum Gasteiger partial charge on any atom is 0.308 e. The molecule has 148 valence electrons. The van der Waals surface area contributed by atoms with Crippen LogP contribution in [0.4, 0.5) is 0 Å². The van der Waals surface area contributed by atoms with Crippen molar-refractivity contribution < 1.29 is 24.1 Å². The van der Waals surface area contributed by atoms with Gasteiger partial charge in [-0.2, -0.15) is 0 Å². The Labute approximate surface area is 168 Å². The summed E-state index contributed by atoms with van der Waals surface area (Å²) in [6.45, 7) is 2.81. The summed E-state index contributed by atoms with van der Waals surface area (Å²) in [5.41, 5.74) is 4.08. The van der Waals surface area contributed by atoms with E-state index < -0.39 is 5.97 Å². The maximum absolute atomic E-state index is 11.6. The van der Waals surface area contributed by atoms with Crippen LogP contribution in [0, 0.1) is 0 Å². The van der Waals surface area contributed by atoms with Crippen LogP contribution in [-0.2, 0) is 24.2 Å². The van der Waals surface area contributed by atoms with Crippen LogP contribution >= 0.6 is 11.6 Å². The molecule has 1 atom stereocenters. The number of fused-ring (bicyclic) bond motifs is 4. The van der Waals surface area contributed by atoms with Gasteiger partial charge in [0.05, 0.1) is 14.2 Å². The summed E-state index contributed by atoms with van der Waals surface area (Å²) in [6, 6.07) is 5.49. The molecule has 2 aromatic carbocycles. The average molecular weight is 404 g/mol. The summed E-state index contributed by atoms with van der Waals surface area (Å²) in [6.07, 6.45) is 1.50. The molecule has 0 bridgehead atoms. The SMILES string of the molecule is COc1cc2c(cc1O)C1Cc3c(Cl)cc(OC)c(OC(C)=O)c3CN1CC2. The fraction of sp³-hybridized carbons (Fsp3) is 0.381. The van der Waals surface area contributed by atoms with Crippen LogP contribution in [-0.4, -0.2) is 36.7 Å². The molecule has 28 heavy (non-hydrogen) atoms. The molecule has 0 saturated carbocycles. The number of nitrogens with zero attached hydrogens (tertiary/aromatic N) is 1. The van der Waals surface area contributed by atoms with Crippen molar-refractivity contribution in [2.45, 2.75) is 32.4 Å². The molecule has 4 rings (SSSR count). The number of hydrogen-bond donors (Lipinski definition) is 1. The average Bonchev–Trinajstić information content (AvgIpc) is 2.68. The van der Waals surface area contributed by atoms with Crippen molar-refractivity contribution in [3.63, 3.8) is 0 Å². The molecule has 1 N–H and O–H groups in total. The number of carbonyl (C=O) groups excluding carboxylic acids is 1. The minimum absolute atomic E-state index is 0.0872. The monoisotopic (exact) mass is 403 g/mol. The number of phenolic OH excluding ortho intramolecular Hbond substituents is 1. The van der Waals surface area contributed by atoms with Crippen molar-refractivity contribution in [3.8, 4) is 23.0 Å². The van der Waals surface area contributed by atoms with Crippen LogP contribution in [0.3, 0.4) is 0 Å². The first-order valence-electron chi connectivity index (χ1n) is 9.13. The maximum atomic E-state index is 11.6. The molecule has 0 aliphatic carbocycles. The molecule has 0 fully saturated rings. The zero-order chi connectivity index (χ0) is 20.0. The second-order valence-corrected chi connectivity index (χ2v) is 7.51. The Morgan fingerprint density at radius 3 is 2.61 bits per heavy atom. The van der Waals surface area contributed by atoms with Crippen molar-refractivity contribution in [3.05, 3.63) is 45.5 Å². The standard InChI is InChI=1S/C21H22ClNO5/c1-11(24)28-21-15-10-23-5-4-12-6-19(26-2)18(25)8-13(12)17(23)7-14(15)16(22)9-20(21)27-3/h6,8-9,17,25H,4-5,7,10H2,1-3H3. The second kappa shape index (κ2) is 7.18. The number of halogens is 1. The van der Waals surface area contributed by atoms with Gasteiger partial charge in [0.15, 0.2) is 23.0 Å². The van der Waals surface area contributed by atoms with Crippen LogP contribution in [0.1, 0.15) is 35.2 Å². The summed E-state index contributed by atoms with van der Waals surface area (Å²) >= 11 is 6.56. The third kappa shape index (κ3) is 3.06. The first-order valence-corrected chi connectivity index (χ1v) is 9.51. The highest BCUT2D eigenvalue weighted by Crippen LogP contribution is 2.48. The fourth-order valence-electron chi connectivity index (χ4n) is 4.25. The van der Waals surface area contributed by atoms with Gasteiger partial charge in [-0.25, -0.2) is 0 Å². The van der Waals surface area contributed by atoms with Gasteiger partial charge in [0.2, 0.25) is 0 Å². The Hall–Kier alpha value is -2.44. The first-order chi connectivity index (χ1) is 13.4. The van der Waals surface area contributed by atoms with E-state index in [9.17, 15) is 9.90 Å². The predicted octanol–water partition coefficient (Wildman–Crippen LogP) is 3.64. The summed E-state index contributed by atoms with van der Waals surface area (Å²) < 4.78 is 16.1. The number of benzene rings is 2. The van der Waals surface area contributed by atoms with Crippen molar-refractivity contribution in [2.24, 2.45) is 0 Å². The number of aromatic hydroxyl groups is 1. The van der Waals surface area contributed by atoms with Crippen molar-refractivity contribution in [1.29, 1.82) is 0 Å². The molecule has 2 aromatic rings. The number of phenols is 1. The van der Waals surface area contributed by atoms with Gasteiger partial charge in [-0.15, -0.1) is 0 Å². The van der Waals surface area contributed by atoms with Gasteiger partial charge < -0.3 is 19.3 Å². The van der Waals surface area contributed by atoms with Crippen molar-refractivity contribution in [1.82, 2.24) is 4.90 Å². The number of hydrogen-bond acceptors (Lipinski definition) is 6. The molecule has 6 nitrogen and oxygen atoms in total. The molecule has 2 aliphatic heterocycles. The number of carbonyl (C=O) groups is 1. The lowest BCUT2D eigenvalue weighted by atomic mass is 9.83. The van der Waals surface area contributed by atoms with Crippen LogP contribution in [0.5, 0.6) is 23.0 Å². The molecule has 2 heterocycles. The Balaban J connectivity index is 1.80. The third-order valence-electron chi connectivity index (χ3n) is 5.54. The Morgan fingerprint density at radius 1 is 1.18 bits per heavy atom. The molecule has 0 amide bonds. The number of esters is 1. The lowest BCUT2D eigenvalue weighted by molar-refractivity contribution is -0.132. The topological polar surface area (TPSA) is 68.2 Å². The van der Waals surface area contributed by atoms with E-state index in [4.69, 9.17) is 25.8 Å². The Bertz CT molecular complexity index is 959. The molecule has 2 aliphatic rings. The molecule has 0 saturated heterocycles. The highest BCUT2D eigenvalue weighted by molar-refractivity contribution is 6.31. The van der Waals surface area contributed by atoms with Gasteiger partial charge in [0.25, 0.3) is 0 Å². The number of ether oxygens (including phenoxy) is 3. The Kier molecular flexibility index (Phi) is 4.85. The van der Waals surface area contributed by atoms with Crippen LogP contribution in [0.2, 0.25) is 5.02 Å². The van der Waals surface area contributed by atoms with Crippen molar-refractivity contribution >= 4 is 17.6 Å². The zero-order valence-electron chi connectivity index (χ0n) is 16.0. The van der Waals surface area contributed by atoms with Gasteiger partial charge in [-0.1, -0.05) is 11.6 Å². The normalized spacial score (nSPS) is 17.9. The first kappa shape index (κ1) is 18.9. The highest BCUT2D eigenvalue weighted by atomic mass is 35.5. The molecule has 7 heteroatoms. The molecule has 0 radical (unpaired) electrons. The van der Waals surface area contributed by atoms with E-state index in [1.807, 2.05) is 6.07 Å². The Morgan fingerprint density at radius 2 is 1.93 bits per heavy atom. The van der Waals surface area contributed by atoms with Gasteiger partial charge in [0, 0.05) is 42.7 Å². The molecule has 0 spiro atoms. The second-order valence-electron chi connectivity index (χ2n) is 7.10. The smallest absolute Gasteiger partial charge is 0.308 e. The largest absolute Gasteiger partial charge is 0.504 e. The van der Waals surface area contributed by atoms with E-state index in [-0.39, 0.29) is 11.8 Å². The van der Waals surface area contributed by atoms with E-state index in [1.54, 1.807) is 19.2 Å². The van der Waals surface area contributed by atoms with Gasteiger partial charge in [-0.05, 0) is 41.7 Å². The highest BCUT2D eigenvalue weighted by Gasteiger charge is 2.36. The van der Waals surface area contributed by atoms with Gasteiger partial charge >= 0.3 is 5.97 Å². The van der Waals surface area contributed by atoms with E-state index in [1.165, 1.54) is 19.6 Å².